The Kier molecular flexibility index (Phi) is 6.22. The summed E-state index contributed by atoms with van der Waals surface area (Å²) in [6.45, 7) is 14.3. The zero-order valence-corrected chi connectivity index (χ0v) is 15.4. The molecule has 130 valence electrons. The van der Waals surface area contributed by atoms with Crippen molar-refractivity contribution in [2.45, 2.75) is 66.5 Å². The first kappa shape index (κ1) is 18.0. The third kappa shape index (κ3) is 4.34. The number of rotatable bonds is 7. The van der Waals surface area contributed by atoms with E-state index in [-0.39, 0.29) is 5.91 Å². The molecule has 5 nitrogen and oxygen atoms in total. The lowest BCUT2D eigenvalue weighted by molar-refractivity contribution is -0.132. The van der Waals surface area contributed by atoms with Crippen LogP contribution in [0, 0.1) is 19.8 Å². The largest absolute Gasteiger partial charge is 0.338 e. The van der Waals surface area contributed by atoms with Crippen LogP contribution < -0.4 is 5.32 Å². The summed E-state index contributed by atoms with van der Waals surface area (Å²) in [5, 5.41) is 8.01. The summed E-state index contributed by atoms with van der Waals surface area (Å²) in [6.07, 6.45) is 2.55. The van der Waals surface area contributed by atoms with Gasteiger partial charge in [0, 0.05) is 36.9 Å². The second-order valence-electron chi connectivity index (χ2n) is 7.14. The first-order chi connectivity index (χ1) is 10.9. The third-order valence-electron chi connectivity index (χ3n) is 4.66. The second-order valence-corrected chi connectivity index (χ2v) is 7.14. The molecule has 1 aliphatic heterocycles. The average Bonchev–Trinajstić information content (AvgIpc) is 3.09. The van der Waals surface area contributed by atoms with Crippen molar-refractivity contribution in [2.75, 3.05) is 19.6 Å². The number of carbonyl (C=O) groups excluding carboxylic acids is 1. The van der Waals surface area contributed by atoms with Gasteiger partial charge in [0.25, 0.3) is 0 Å². The molecule has 1 aromatic heterocycles. The molecule has 2 heterocycles. The maximum absolute atomic E-state index is 12.9. The van der Waals surface area contributed by atoms with Crippen molar-refractivity contribution >= 4 is 5.91 Å². The quantitative estimate of drug-likeness (QED) is 0.839. The van der Waals surface area contributed by atoms with Gasteiger partial charge >= 0.3 is 0 Å². The highest BCUT2D eigenvalue weighted by atomic mass is 16.2. The molecule has 5 heteroatoms. The van der Waals surface area contributed by atoms with Gasteiger partial charge < -0.3 is 10.2 Å². The molecule has 1 N–H and O–H groups in total. The Hall–Kier alpha value is -1.36. The first-order valence-corrected chi connectivity index (χ1v) is 8.97. The van der Waals surface area contributed by atoms with Gasteiger partial charge in [-0.15, -0.1) is 0 Å². The van der Waals surface area contributed by atoms with Crippen molar-refractivity contribution in [1.82, 2.24) is 20.0 Å². The van der Waals surface area contributed by atoms with Gasteiger partial charge in [-0.05, 0) is 39.2 Å². The van der Waals surface area contributed by atoms with Crippen LogP contribution in [0.1, 0.15) is 50.6 Å². The SMILES string of the molecule is CCCN(C(=O)Cc1c(C)nn(CC(C)C)c1C)C1CCNC1. The van der Waals surface area contributed by atoms with E-state index in [4.69, 9.17) is 0 Å². The number of amides is 1. The molecule has 23 heavy (non-hydrogen) atoms. The molecule has 1 atom stereocenters. The molecular weight excluding hydrogens is 288 g/mol. The van der Waals surface area contributed by atoms with Crippen LogP contribution in [0.4, 0.5) is 0 Å². The Bertz CT molecular complexity index is 529. The van der Waals surface area contributed by atoms with E-state index in [0.717, 1.165) is 56.0 Å². The number of nitrogens with zero attached hydrogens (tertiary/aromatic N) is 3. The van der Waals surface area contributed by atoms with Gasteiger partial charge in [-0.25, -0.2) is 0 Å². The van der Waals surface area contributed by atoms with Crippen molar-refractivity contribution in [3.63, 3.8) is 0 Å². The Morgan fingerprint density at radius 1 is 1.43 bits per heavy atom. The van der Waals surface area contributed by atoms with E-state index in [9.17, 15) is 4.79 Å². The summed E-state index contributed by atoms with van der Waals surface area (Å²) in [5.41, 5.74) is 3.26. The van der Waals surface area contributed by atoms with Crippen LogP contribution in [0.5, 0.6) is 0 Å². The summed E-state index contributed by atoms with van der Waals surface area (Å²) in [7, 11) is 0. The minimum atomic E-state index is 0.246. The monoisotopic (exact) mass is 320 g/mol. The molecule has 0 saturated carbocycles. The van der Waals surface area contributed by atoms with Crippen LogP contribution in [0.2, 0.25) is 0 Å². The van der Waals surface area contributed by atoms with Gasteiger partial charge in [0.15, 0.2) is 0 Å². The Morgan fingerprint density at radius 2 is 2.17 bits per heavy atom. The lowest BCUT2D eigenvalue weighted by Crippen LogP contribution is -2.43. The smallest absolute Gasteiger partial charge is 0.227 e. The van der Waals surface area contributed by atoms with E-state index >= 15 is 0 Å². The highest BCUT2D eigenvalue weighted by Crippen LogP contribution is 2.18. The highest BCUT2D eigenvalue weighted by molar-refractivity contribution is 5.79. The third-order valence-corrected chi connectivity index (χ3v) is 4.66. The molecule has 1 aromatic rings. The standard InChI is InChI=1S/C18H32N4O/c1-6-9-21(16-7-8-19-11-16)18(23)10-17-14(4)20-22(15(17)5)12-13(2)3/h13,16,19H,6-12H2,1-5H3. The maximum atomic E-state index is 12.9. The molecule has 0 bridgehead atoms. The topological polar surface area (TPSA) is 50.2 Å². The van der Waals surface area contributed by atoms with Crippen LogP contribution in [-0.4, -0.2) is 46.3 Å². The second kappa shape index (κ2) is 7.95. The van der Waals surface area contributed by atoms with Gasteiger partial charge in [0.2, 0.25) is 5.91 Å². The van der Waals surface area contributed by atoms with Crippen molar-refractivity contribution in [3.8, 4) is 0 Å². The zero-order chi connectivity index (χ0) is 17.0. The summed E-state index contributed by atoms with van der Waals surface area (Å²) in [5.74, 6) is 0.800. The van der Waals surface area contributed by atoms with Gasteiger partial charge in [0.05, 0.1) is 12.1 Å². The molecule has 1 aliphatic rings. The van der Waals surface area contributed by atoms with E-state index in [1.54, 1.807) is 0 Å². The summed E-state index contributed by atoms with van der Waals surface area (Å²) in [6, 6.07) is 0.355. The van der Waals surface area contributed by atoms with Gasteiger partial charge in [0.1, 0.15) is 0 Å². The van der Waals surface area contributed by atoms with Gasteiger partial charge in [-0.3, -0.25) is 9.48 Å². The minimum Gasteiger partial charge on any atom is -0.338 e. The molecule has 0 aromatic carbocycles. The minimum absolute atomic E-state index is 0.246. The molecule has 1 saturated heterocycles. The molecular formula is C18H32N4O. The fourth-order valence-corrected chi connectivity index (χ4v) is 3.42. The normalized spacial score (nSPS) is 17.9. The molecule has 1 unspecified atom stereocenters. The van der Waals surface area contributed by atoms with Gasteiger partial charge in [-0.1, -0.05) is 20.8 Å². The Balaban J connectivity index is 2.13. The number of aromatic nitrogens is 2. The lowest BCUT2D eigenvalue weighted by atomic mass is 10.1. The highest BCUT2D eigenvalue weighted by Gasteiger charge is 2.27. The van der Waals surface area contributed by atoms with E-state index in [1.807, 2.05) is 6.92 Å². The lowest BCUT2D eigenvalue weighted by Gasteiger charge is -2.28. The summed E-state index contributed by atoms with van der Waals surface area (Å²) < 4.78 is 2.06. The number of hydrogen-bond donors (Lipinski definition) is 1. The first-order valence-electron chi connectivity index (χ1n) is 8.97. The molecule has 1 fully saturated rings. The van der Waals surface area contributed by atoms with Crippen LogP contribution in [-0.2, 0) is 17.8 Å². The van der Waals surface area contributed by atoms with Crippen LogP contribution in [0.3, 0.4) is 0 Å². The molecule has 0 spiro atoms. The Labute approximate surface area is 140 Å². The van der Waals surface area contributed by atoms with Crippen molar-refractivity contribution in [3.05, 3.63) is 17.0 Å². The Morgan fingerprint density at radius 3 is 2.74 bits per heavy atom. The van der Waals surface area contributed by atoms with Crippen LogP contribution in [0.15, 0.2) is 0 Å². The molecule has 0 radical (unpaired) electrons. The average molecular weight is 320 g/mol. The predicted octanol–water partition coefficient (Wildman–Crippen LogP) is 2.30. The van der Waals surface area contributed by atoms with Crippen LogP contribution >= 0.6 is 0 Å². The fraction of sp³-hybridized carbons (Fsp3) is 0.778. The maximum Gasteiger partial charge on any atom is 0.227 e. The number of carbonyl (C=O) groups is 1. The predicted molar refractivity (Wildman–Crippen MR) is 93.5 cm³/mol. The van der Waals surface area contributed by atoms with E-state index in [1.165, 1.54) is 0 Å². The van der Waals surface area contributed by atoms with Crippen molar-refractivity contribution < 1.29 is 4.79 Å². The molecule has 2 rings (SSSR count). The van der Waals surface area contributed by atoms with Crippen LogP contribution in [0.25, 0.3) is 0 Å². The van der Waals surface area contributed by atoms with Crippen molar-refractivity contribution in [1.29, 1.82) is 0 Å². The fourth-order valence-electron chi connectivity index (χ4n) is 3.42. The van der Waals surface area contributed by atoms with E-state index in [0.29, 0.717) is 18.4 Å². The van der Waals surface area contributed by atoms with E-state index < -0.39 is 0 Å². The number of nitrogens with one attached hydrogen (secondary N) is 1. The van der Waals surface area contributed by atoms with Gasteiger partial charge in [-0.2, -0.15) is 5.10 Å². The zero-order valence-electron chi connectivity index (χ0n) is 15.4. The van der Waals surface area contributed by atoms with Crippen molar-refractivity contribution in [2.24, 2.45) is 5.92 Å². The number of aryl methyl sites for hydroxylation is 1. The summed E-state index contributed by atoms with van der Waals surface area (Å²) in [4.78, 5) is 15.0. The molecule has 1 amide bonds. The summed E-state index contributed by atoms with van der Waals surface area (Å²) >= 11 is 0. The number of hydrogen-bond acceptors (Lipinski definition) is 3. The molecule has 0 aliphatic carbocycles. The van der Waals surface area contributed by atoms with E-state index in [2.05, 4.69) is 47.7 Å².